The van der Waals surface area contributed by atoms with Crippen molar-refractivity contribution in [1.82, 2.24) is 4.90 Å². The topological polar surface area (TPSA) is 38.5 Å². The number of methoxy groups -OCH3 is 1. The van der Waals surface area contributed by atoms with Gasteiger partial charge in [-0.2, -0.15) is 0 Å². The zero-order valence-corrected chi connectivity index (χ0v) is 12.4. The van der Waals surface area contributed by atoms with Gasteiger partial charge in [0.25, 0.3) is 0 Å². The van der Waals surface area contributed by atoms with Crippen LogP contribution in [0.5, 0.6) is 0 Å². The third-order valence-electron chi connectivity index (χ3n) is 3.59. The molecule has 0 aliphatic rings. The summed E-state index contributed by atoms with van der Waals surface area (Å²) >= 11 is 0. The second-order valence-electron chi connectivity index (χ2n) is 5.02. The van der Waals surface area contributed by atoms with Crippen LogP contribution in [-0.4, -0.2) is 37.7 Å². The maximum Gasteiger partial charge on any atom is 0.128 e. The number of nitrogens with two attached hydrogens (primary N) is 1. The third-order valence-corrected chi connectivity index (χ3v) is 3.59. The number of benzene rings is 1. The largest absolute Gasteiger partial charge is 0.383 e. The fraction of sp³-hybridized carbons (Fsp3) is 0.600. The summed E-state index contributed by atoms with van der Waals surface area (Å²) in [7, 11) is 1.64. The van der Waals surface area contributed by atoms with E-state index in [0.29, 0.717) is 19.2 Å². The summed E-state index contributed by atoms with van der Waals surface area (Å²) in [4.78, 5) is 2.14. The average Bonchev–Trinajstić information content (AvgIpc) is 2.44. The fourth-order valence-electron chi connectivity index (χ4n) is 2.11. The van der Waals surface area contributed by atoms with Crippen molar-refractivity contribution in [3.8, 4) is 0 Å². The molecule has 0 saturated heterocycles. The highest BCUT2D eigenvalue weighted by Crippen LogP contribution is 2.19. The van der Waals surface area contributed by atoms with Gasteiger partial charge in [0.05, 0.1) is 6.61 Å². The molecule has 2 unspecified atom stereocenters. The van der Waals surface area contributed by atoms with E-state index < -0.39 is 17.7 Å². The quantitative estimate of drug-likeness (QED) is 0.798. The molecule has 0 bridgehead atoms. The molecular formula is C15H24F2N2O. The zero-order chi connectivity index (χ0) is 15.1. The Bertz CT molecular complexity index is 415. The van der Waals surface area contributed by atoms with E-state index in [9.17, 15) is 8.78 Å². The molecule has 20 heavy (non-hydrogen) atoms. The molecule has 5 heteroatoms. The Labute approximate surface area is 119 Å². The Morgan fingerprint density at radius 3 is 2.65 bits per heavy atom. The molecular weight excluding hydrogens is 262 g/mol. The summed E-state index contributed by atoms with van der Waals surface area (Å²) in [6.45, 7) is 5.95. The highest BCUT2D eigenvalue weighted by Gasteiger charge is 2.19. The van der Waals surface area contributed by atoms with E-state index in [1.165, 1.54) is 6.07 Å². The second-order valence-corrected chi connectivity index (χ2v) is 5.02. The van der Waals surface area contributed by atoms with Crippen molar-refractivity contribution in [1.29, 1.82) is 0 Å². The minimum absolute atomic E-state index is 0.218. The lowest BCUT2D eigenvalue weighted by atomic mass is 10.1. The Kier molecular flexibility index (Phi) is 7.05. The van der Waals surface area contributed by atoms with Crippen LogP contribution in [-0.2, 0) is 4.74 Å². The van der Waals surface area contributed by atoms with Crippen molar-refractivity contribution in [2.75, 3.05) is 26.8 Å². The summed E-state index contributed by atoms with van der Waals surface area (Å²) in [6.07, 6.45) is 0.960. The maximum absolute atomic E-state index is 13.7. The number of ether oxygens (including phenoxy) is 1. The number of halogens is 2. The van der Waals surface area contributed by atoms with Crippen LogP contribution in [0.4, 0.5) is 8.78 Å². The van der Waals surface area contributed by atoms with E-state index in [1.54, 1.807) is 7.11 Å². The van der Waals surface area contributed by atoms with Gasteiger partial charge in [-0.3, -0.25) is 4.90 Å². The lowest BCUT2D eigenvalue weighted by Crippen LogP contribution is -2.40. The number of rotatable bonds is 8. The highest BCUT2D eigenvalue weighted by atomic mass is 19.1. The zero-order valence-electron chi connectivity index (χ0n) is 12.4. The predicted molar refractivity (Wildman–Crippen MR) is 76.5 cm³/mol. The number of nitrogens with zero attached hydrogens (tertiary/aromatic N) is 1. The molecule has 0 saturated carbocycles. The molecule has 1 aromatic rings. The van der Waals surface area contributed by atoms with Gasteiger partial charge in [-0.05, 0) is 31.5 Å². The second kappa shape index (κ2) is 8.29. The molecule has 0 amide bonds. The molecule has 2 N–H and O–H groups in total. The molecule has 1 aromatic carbocycles. The monoisotopic (exact) mass is 286 g/mol. The van der Waals surface area contributed by atoms with Crippen molar-refractivity contribution in [3.05, 3.63) is 35.4 Å². The maximum atomic E-state index is 13.7. The first-order valence-corrected chi connectivity index (χ1v) is 6.93. The summed E-state index contributed by atoms with van der Waals surface area (Å²) in [5.41, 5.74) is 6.26. The van der Waals surface area contributed by atoms with Gasteiger partial charge in [0.15, 0.2) is 0 Å². The Morgan fingerprint density at radius 1 is 1.35 bits per heavy atom. The Morgan fingerprint density at radius 2 is 2.05 bits per heavy atom. The first-order valence-electron chi connectivity index (χ1n) is 6.93. The minimum atomic E-state index is -0.559. The average molecular weight is 286 g/mol. The lowest BCUT2D eigenvalue weighted by molar-refractivity contribution is 0.118. The van der Waals surface area contributed by atoms with E-state index in [0.717, 1.165) is 25.1 Å². The molecule has 0 aliphatic carbocycles. The van der Waals surface area contributed by atoms with Crippen molar-refractivity contribution in [2.24, 2.45) is 5.73 Å². The number of hydrogen-bond acceptors (Lipinski definition) is 3. The summed E-state index contributed by atoms with van der Waals surface area (Å²) in [6, 6.07) is 3.14. The molecule has 0 radical (unpaired) electrons. The SMILES string of the molecule is CCC(C)N(CCOC)CC(N)c1cc(F)ccc1F. The normalized spacial score (nSPS) is 14.6. The van der Waals surface area contributed by atoms with Gasteiger partial charge in [-0.15, -0.1) is 0 Å². The molecule has 0 fully saturated rings. The van der Waals surface area contributed by atoms with Gasteiger partial charge in [0.2, 0.25) is 0 Å². The van der Waals surface area contributed by atoms with Crippen molar-refractivity contribution >= 4 is 0 Å². The molecule has 2 atom stereocenters. The molecule has 114 valence electrons. The highest BCUT2D eigenvalue weighted by molar-refractivity contribution is 5.22. The van der Waals surface area contributed by atoms with Gasteiger partial charge in [-0.25, -0.2) is 8.78 Å². The molecule has 0 heterocycles. The first-order chi connectivity index (χ1) is 9.49. The summed E-state index contributed by atoms with van der Waals surface area (Å²) in [5.74, 6) is -0.932. The molecule has 3 nitrogen and oxygen atoms in total. The summed E-state index contributed by atoms with van der Waals surface area (Å²) < 4.78 is 32.0. The molecule has 1 rings (SSSR count). The van der Waals surface area contributed by atoms with E-state index in [1.807, 2.05) is 0 Å². The van der Waals surface area contributed by atoms with Gasteiger partial charge in [0.1, 0.15) is 11.6 Å². The van der Waals surface area contributed by atoms with Crippen LogP contribution in [0.3, 0.4) is 0 Å². The van der Waals surface area contributed by atoms with Crippen molar-refractivity contribution in [3.63, 3.8) is 0 Å². The van der Waals surface area contributed by atoms with E-state index in [2.05, 4.69) is 18.7 Å². The summed E-state index contributed by atoms with van der Waals surface area (Å²) in [5, 5.41) is 0. The molecule has 0 spiro atoms. The standard InChI is InChI=1S/C15H24F2N2O/c1-4-11(2)19(7-8-20-3)10-15(18)13-9-12(16)5-6-14(13)17/h5-6,9,11,15H,4,7-8,10,18H2,1-3H3. The van der Waals surface area contributed by atoms with Gasteiger partial charge in [0, 0.05) is 37.8 Å². The van der Waals surface area contributed by atoms with Crippen LogP contribution >= 0.6 is 0 Å². The fourth-order valence-corrected chi connectivity index (χ4v) is 2.11. The van der Waals surface area contributed by atoms with E-state index in [-0.39, 0.29) is 5.56 Å². The van der Waals surface area contributed by atoms with Gasteiger partial charge >= 0.3 is 0 Å². The van der Waals surface area contributed by atoms with Crippen LogP contribution in [0.2, 0.25) is 0 Å². The van der Waals surface area contributed by atoms with Crippen LogP contribution in [0.15, 0.2) is 18.2 Å². The van der Waals surface area contributed by atoms with Crippen LogP contribution in [0, 0.1) is 11.6 Å². The third kappa shape index (κ3) is 4.81. The van der Waals surface area contributed by atoms with Crippen molar-refractivity contribution < 1.29 is 13.5 Å². The van der Waals surface area contributed by atoms with Crippen LogP contribution in [0.1, 0.15) is 31.9 Å². The lowest BCUT2D eigenvalue weighted by Gasteiger charge is -2.30. The van der Waals surface area contributed by atoms with E-state index in [4.69, 9.17) is 10.5 Å². The molecule has 0 aromatic heterocycles. The Hall–Kier alpha value is -1.04. The van der Waals surface area contributed by atoms with Gasteiger partial charge in [-0.1, -0.05) is 6.92 Å². The van der Waals surface area contributed by atoms with Crippen LogP contribution < -0.4 is 5.73 Å². The smallest absolute Gasteiger partial charge is 0.128 e. The minimum Gasteiger partial charge on any atom is -0.383 e. The van der Waals surface area contributed by atoms with Gasteiger partial charge < -0.3 is 10.5 Å². The predicted octanol–water partition coefficient (Wildman–Crippen LogP) is 2.71. The van der Waals surface area contributed by atoms with E-state index >= 15 is 0 Å². The first kappa shape index (κ1) is 17.0. The van der Waals surface area contributed by atoms with Crippen molar-refractivity contribution in [2.45, 2.75) is 32.4 Å². The van der Waals surface area contributed by atoms with Crippen LogP contribution in [0.25, 0.3) is 0 Å². The number of hydrogen-bond donors (Lipinski definition) is 1. The molecule has 0 aliphatic heterocycles. The Balaban J connectivity index is 2.78.